The van der Waals surface area contributed by atoms with Gasteiger partial charge in [0, 0.05) is 49.5 Å². The second-order valence-corrected chi connectivity index (χ2v) is 11.0. The molecule has 1 atom stereocenters. The van der Waals surface area contributed by atoms with Crippen molar-refractivity contribution in [3.05, 3.63) is 41.3 Å². The molecule has 186 valence electrons. The van der Waals surface area contributed by atoms with Gasteiger partial charge in [-0.2, -0.15) is 5.10 Å². The fourth-order valence-corrected chi connectivity index (χ4v) is 5.53. The molecule has 1 aliphatic rings. The molecule has 4 aromatic heterocycles. The van der Waals surface area contributed by atoms with E-state index in [1.165, 1.54) is 11.1 Å². The Labute approximate surface area is 207 Å². The lowest BCUT2D eigenvalue weighted by molar-refractivity contribution is 0.0307. The van der Waals surface area contributed by atoms with E-state index in [2.05, 4.69) is 77.8 Å². The molecule has 1 saturated heterocycles. The summed E-state index contributed by atoms with van der Waals surface area (Å²) < 4.78 is 1.86. The minimum atomic E-state index is -0.682. The highest BCUT2D eigenvalue weighted by Gasteiger charge is 2.29. The topological polar surface area (TPSA) is 85.6 Å². The Hall–Kier alpha value is -2.97. The van der Waals surface area contributed by atoms with Crippen molar-refractivity contribution in [2.45, 2.75) is 66.0 Å². The van der Waals surface area contributed by atoms with Gasteiger partial charge in [0.25, 0.3) is 0 Å². The van der Waals surface area contributed by atoms with Gasteiger partial charge in [0.2, 0.25) is 0 Å². The summed E-state index contributed by atoms with van der Waals surface area (Å²) in [5.41, 5.74) is 8.13. The largest absolute Gasteiger partial charge is 0.389 e. The number of fused-ring (bicyclic) bond motifs is 2. The zero-order valence-corrected chi connectivity index (χ0v) is 21.9. The number of nitrogens with one attached hydrogen (secondary N) is 1. The van der Waals surface area contributed by atoms with Crippen molar-refractivity contribution < 1.29 is 5.11 Å². The van der Waals surface area contributed by atoms with Gasteiger partial charge in [-0.25, -0.2) is 14.5 Å². The van der Waals surface area contributed by atoms with Crippen LogP contribution in [0.3, 0.4) is 0 Å². The number of H-pyrrole nitrogens is 1. The van der Waals surface area contributed by atoms with Crippen LogP contribution in [0, 0.1) is 13.8 Å². The van der Waals surface area contributed by atoms with Crippen molar-refractivity contribution in [3.8, 4) is 11.3 Å². The molecule has 5 rings (SSSR count). The minimum Gasteiger partial charge on any atom is -0.389 e. The molecule has 0 saturated carbocycles. The number of piperazine rings is 1. The van der Waals surface area contributed by atoms with E-state index in [-0.39, 0.29) is 0 Å². The molecular formula is C27H37N7O. The van der Waals surface area contributed by atoms with Crippen molar-refractivity contribution in [2.75, 3.05) is 31.1 Å². The second kappa shape index (κ2) is 8.60. The summed E-state index contributed by atoms with van der Waals surface area (Å²) in [4.78, 5) is 18.1. The normalized spacial score (nSPS) is 17.9. The first-order chi connectivity index (χ1) is 16.5. The van der Waals surface area contributed by atoms with E-state index >= 15 is 0 Å². The third-order valence-corrected chi connectivity index (χ3v) is 7.25. The van der Waals surface area contributed by atoms with Crippen LogP contribution in [0.15, 0.2) is 24.7 Å². The number of pyridine rings is 2. The lowest BCUT2D eigenvalue weighted by Gasteiger charge is -2.42. The SMILES string of the molecule is Cc1c(-c2[nH]c3ccc(N4CCN(CC(C)(C)O)C[C@@H]4C)nc3c2C(C)C)cn2ncnc2c1C. The van der Waals surface area contributed by atoms with Gasteiger partial charge in [-0.15, -0.1) is 0 Å². The summed E-state index contributed by atoms with van der Waals surface area (Å²) >= 11 is 0. The summed E-state index contributed by atoms with van der Waals surface area (Å²) in [5, 5.41) is 14.6. The molecule has 8 heteroatoms. The number of aliphatic hydroxyl groups is 1. The van der Waals surface area contributed by atoms with E-state index in [9.17, 15) is 5.11 Å². The average molecular weight is 476 g/mol. The standard InChI is InChI=1S/C27H37N7O/c1-16(2)23-24(20-13-34-26(28-15-29-34)19(5)18(20)4)30-21-8-9-22(31-25(21)23)33-11-10-32(12-17(33)3)14-27(6,7)35/h8-9,13,15-17,30,35H,10-12,14H2,1-7H3/t17-/m0/s1. The molecule has 8 nitrogen and oxygen atoms in total. The van der Waals surface area contributed by atoms with Crippen molar-refractivity contribution in [3.63, 3.8) is 0 Å². The maximum absolute atomic E-state index is 10.2. The fourth-order valence-electron chi connectivity index (χ4n) is 5.53. The first kappa shape index (κ1) is 23.8. The summed E-state index contributed by atoms with van der Waals surface area (Å²) in [6.07, 6.45) is 3.68. The molecule has 0 unspecified atom stereocenters. The number of anilines is 1. The van der Waals surface area contributed by atoms with E-state index in [0.717, 1.165) is 59.0 Å². The molecule has 2 N–H and O–H groups in total. The van der Waals surface area contributed by atoms with Crippen LogP contribution in [-0.4, -0.2) is 72.4 Å². The Morgan fingerprint density at radius 2 is 1.94 bits per heavy atom. The number of β-amino-alcohol motifs (C(OH)–C–C–N with tert-alkyl or cyclic N) is 1. The van der Waals surface area contributed by atoms with Crippen molar-refractivity contribution in [1.82, 2.24) is 29.5 Å². The fraction of sp³-hybridized carbons (Fsp3) is 0.519. The number of hydrogen-bond donors (Lipinski definition) is 2. The van der Waals surface area contributed by atoms with Gasteiger partial charge in [0.05, 0.1) is 22.3 Å². The Kier molecular flexibility index (Phi) is 5.84. The quantitative estimate of drug-likeness (QED) is 0.448. The van der Waals surface area contributed by atoms with Gasteiger partial charge in [0.15, 0.2) is 5.65 Å². The van der Waals surface area contributed by atoms with Crippen LogP contribution < -0.4 is 4.90 Å². The first-order valence-corrected chi connectivity index (χ1v) is 12.6. The maximum atomic E-state index is 10.2. The zero-order valence-electron chi connectivity index (χ0n) is 21.9. The molecular weight excluding hydrogens is 438 g/mol. The van der Waals surface area contributed by atoms with Gasteiger partial charge >= 0.3 is 0 Å². The predicted molar refractivity (Wildman–Crippen MR) is 141 cm³/mol. The molecule has 0 spiro atoms. The van der Waals surface area contributed by atoms with Crippen molar-refractivity contribution in [2.24, 2.45) is 0 Å². The summed E-state index contributed by atoms with van der Waals surface area (Å²) in [6, 6.07) is 4.61. The van der Waals surface area contributed by atoms with Crippen LogP contribution in [0.1, 0.15) is 57.2 Å². The number of rotatable bonds is 5. The van der Waals surface area contributed by atoms with Crippen LogP contribution in [-0.2, 0) is 0 Å². The van der Waals surface area contributed by atoms with Crippen LogP contribution in [0.4, 0.5) is 5.82 Å². The summed E-state index contributed by atoms with van der Waals surface area (Å²) in [7, 11) is 0. The lowest BCUT2D eigenvalue weighted by Crippen LogP contribution is -2.55. The molecule has 4 aromatic rings. The highest BCUT2D eigenvalue weighted by atomic mass is 16.3. The van der Waals surface area contributed by atoms with Crippen LogP contribution in [0.5, 0.6) is 0 Å². The van der Waals surface area contributed by atoms with E-state index < -0.39 is 5.60 Å². The molecule has 5 heterocycles. The van der Waals surface area contributed by atoms with Crippen LogP contribution in [0.25, 0.3) is 27.9 Å². The number of aryl methyl sites for hydroxylation is 1. The third-order valence-electron chi connectivity index (χ3n) is 7.25. The molecule has 1 aliphatic heterocycles. The molecule has 0 radical (unpaired) electrons. The van der Waals surface area contributed by atoms with Crippen LogP contribution in [0.2, 0.25) is 0 Å². The van der Waals surface area contributed by atoms with E-state index in [1.807, 2.05) is 18.4 Å². The van der Waals surface area contributed by atoms with E-state index in [4.69, 9.17) is 4.98 Å². The molecule has 0 bridgehead atoms. The monoisotopic (exact) mass is 475 g/mol. The highest BCUT2D eigenvalue weighted by Crippen LogP contribution is 2.38. The smallest absolute Gasteiger partial charge is 0.158 e. The van der Waals surface area contributed by atoms with E-state index in [0.29, 0.717) is 18.5 Å². The maximum Gasteiger partial charge on any atom is 0.158 e. The van der Waals surface area contributed by atoms with Gasteiger partial charge < -0.3 is 15.0 Å². The van der Waals surface area contributed by atoms with Crippen molar-refractivity contribution in [1.29, 1.82) is 0 Å². The number of aromatic amines is 1. The molecule has 0 aromatic carbocycles. The highest BCUT2D eigenvalue weighted by molar-refractivity contribution is 5.90. The Morgan fingerprint density at radius 1 is 1.17 bits per heavy atom. The number of aromatic nitrogens is 5. The third kappa shape index (κ3) is 4.29. The van der Waals surface area contributed by atoms with Crippen LogP contribution >= 0.6 is 0 Å². The van der Waals surface area contributed by atoms with Gasteiger partial charge in [-0.1, -0.05) is 13.8 Å². The summed E-state index contributed by atoms with van der Waals surface area (Å²) in [6.45, 7) is 18.1. The Bertz CT molecular complexity index is 1380. The number of nitrogens with zero attached hydrogens (tertiary/aromatic N) is 6. The summed E-state index contributed by atoms with van der Waals surface area (Å²) in [5.74, 6) is 1.31. The lowest BCUT2D eigenvalue weighted by atomic mass is 9.95. The predicted octanol–water partition coefficient (Wildman–Crippen LogP) is 4.29. The van der Waals surface area contributed by atoms with Crippen molar-refractivity contribution >= 4 is 22.5 Å². The molecule has 0 aliphatic carbocycles. The van der Waals surface area contributed by atoms with Gasteiger partial charge in [0.1, 0.15) is 12.1 Å². The molecule has 0 amide bonds. The van der Waals surface area contributed by atoms with E-state index in [1.54, 1.807) is 6.33 Å². The molecule has 35 heavy (non-hydrogen) atoms. The molecule has 1 fully saturated rings. The second-order valence-electron chi connectivity index (χ2n) is 11.0. The number of hydrogen-bond acceptors (Lipinski definition) is 6. The zero-order chi connectivity index (χ0) is 25.1. The van der Waals surface area contributed by atoms with Gasteiger partial charge in [-0.05, 0) is 63.8 Å². The van der Waals surface area contributed by atoms with Gasteiger partial charge in [-0.3, -0.25) is 4.90 Å². The minimum absolute atomic E-state index is 0.300. The average Bonchev–Trinajstić information content (AvgIpc) is 3.39. The Balaban J connectivity index is 1.55. The first-order valence-electron chi connectivity index (χ1n) is 12.6. The Morgan fingerprint density at radius 3 is 2.63 bits per heavy atom.